The monoisotopic (exact) mass is 584 g/mol. The van der Waals surface area contributed by atoms with Crippen molar-refractivity contribution in [3.8, 4) is 44.8 Å². The van der Waals surface area contributed by atoms with Gasteiger partial charge in [-0.3, -0.25) is 0 Å². The van der Waals surface area contributed by atoms with Gasteiger partial charge in [-0.2, -0.15) is 0 Å². The first-order chi connectivity index (χ1) is 22.8. The first-order valence-corrected chi connectivity index (χ1v) is 15.7. The summed E-state index contributed by atoms with van der Waals surface area (Å²) in [6, 6.07) is 60.3. The Morgan fingerprint density at radius 2 is 0.674 bits per heavy atom. The maximum absolute atomic E-state index is 5.26. The molecule has 2 aromatic heterocycles. The van der Waals surface area contributed by atoms with Crippen LogP contribution in [0.25, 0.3) is 88.1 Å². The van der Waals surface area contributed by atoms with E-state index in [9.17, 15) is 0 Å². The Morgan fingerprint density at radius 1 is 0.283 bits per heavy atom. The molecule has 0 spiro atoms. The third-order valence-electron chi connectivity index (χ3n) is 9.03. The third kappa shape index (κ3) is 4.35. The van der Waals surface area contributed by atoms with E-state index in [1.54, 1.807) is 0 Å². The molecule has 9 aromatic rings. The van der Waals surface area contributed by atoms with Gasteiger partial charge in [0.15, 0.2) is 0 Å². The molecule has 2 nitrogen and oxygen atoms in total. The van der Waals surface area contributed by atoms with Crippen LogP contribution in [0.2, 0.25) is 0 Å². The number of hydrogen-bond donors (Lipinski definition) is 0. The second-order valence-electron chi connectivity index (χ2n) is 11.8. The van der Waals surface area contributed by atoms with E-state index < -0.39 is 0 Å². The van der Waals surface area contributed by atoms with E-state index in [1.165, 1.54) is 43.8 Å². The van der Waals surface area contributed by atoms with Gasteiger partial charge >= 0.3 is 0 Å². The third-order valence-corrected chi connectivity index (χ3v) is 9.03. The average Bonchev–Trinajstić information content (AvgIpc) is 3.14. The number of aromatic nitrogens is 2. The van der Waals surface area contributed by atoms with Gasteiger partial charge in [0.25, 0.3) is 0 Å². The van der Waals surface area contributed by atoms with E-state index >= 15 is 0 Å². The minimum Gasteiger partial charge on any atom is -0.245 e. The van der Waals surface area contributed by atoms with Gasteiger partial charge in [-0.1, -0.05) is 152 Å². The molecule has 0 saturated heterocycles. The number of hydrogen-bond acceptors (Lipinski definition) is 2. The molecular formula is C44H28N2. The number of pyridine rings is 2. The Kier molecular flexibility index (Phi) is 6.17. The van der Waals surface area contributed by atoms with Crippen LogP contribution in [0.15, 0.2) is 170 Å². The minimum absolute atomic E-state index is 0.918. The summed E-state index contributed by atoms with van der Waals surface area (Å²) in [6.07, 6.45) is 0. The number of benzene rings is 7. The molecule has 214 valence electrons. The maximum atomic E-state index is 5.26. The van der Waals surface area contributed by atoms with Crippen molar-refractivity contribution in [2.75, 3.05) is 0 Å². The molecule has 0 aliphatic rings. The van der Waals surface area contributed by atoms with Crippen LogP contribution in [0.5, 0.6) is 0 Å². The summed E-state index contributed by atoms with van der Waals surface area (Å²) >= 11 is 0. The van der Waals surface area contributed by atoms with Crippen LogP contribution in [-0.2, 0) is 0 Å². The highest BCUT2D eigenvalue weighted by Gasteiger charge is 2.17. The zero-order valence-electron chi connectivity index (χ0n) is 25.1. The Bertz CT molecular complexity index is 2510. The number of fused-ring (bicyclic) bond motifs is 5. The summed E-state index contributed by atoms with van der Waals surface area (Å²) < 4.78 is 0. The highest BCUT2D eigenvalue weighted by Crippen LogP contribution is 2.44. The van der Waals surface area contributed by atoms with Crippen LogP contribution in [-0.4, -0.2) is 9.97 Å². The molecule has 0 unspecified atom stereocenters. The van der Waals surface area contributed by atoms with Crippen LogP contribution in [0.1, 0.15) is 0 Å². The SMILES string of the molecule is c1ccc(-c2ccc3ccc4ccc(-c5cccc(-c6c7ccccc7c(-c7ccccc7)c7ccccc67)c5)nc4c3n2)cc1. The standard InChI is InChI=1S/C44H28N2/c1-3-12-29(13-4-1)39-26-24-31-22-23-32-25-27-40(46-44(32)43(31)45-39)33-16-11-17-34(28-33)42-37-20-9-7-18-35(37)41(30-14-5-2-6-15-30)36-19-8-10-21-38(36)42/h1-28H. The normalized spacial score (nSPS) is 11.5. The first kappa shape index (κ1) is 26.3. The van der Waals surface area contributed by atoms with Crippen molar-refractivity contribution < 1.29 is 0 Å². The van der Waals surface area contributed by atoms with Crippen molar-refractivity contribution in [3.63, 3.8) is 0 Å². The smallest absolute Gasteiger partial charge is 0.0972 e. The van der Waals surface area contributed by atoms with Crippen LogP contribution in [0, 0.1) is 0 Å². The van der Waals surface area contributed by atoms with Crippen molar-refractivity contribution in [3.05, 3.63) is 170 Å². The van der Waals surface area contributed by atoms with E-state index in [0.717, 1.165) is 44.3 Å². The molecule has 0 radical (unpaired) electrons. The van der Waals surface area contributed by atoms with Gasteiger partial charge in [0.2, 0.25) is 0 Å². The Balaban J connectivity index is 1.24. The summed E-state index contributed by atoms with van der Waals surface area (Å²) in [7, 11) is 0. The molecule has 0 saturated carbocycles. The van der Waals surface area contributed by atoms with E-state index in [2.05, 4.69) is 164 Å². The van der Waals surface area contributed by atoms with E-state index in [4.69, 9.17) is 9.97 Å². The predicted molar refractivity (Wildman–Crippen MR) is 194 cm³/mol. The highest BCUT2D eigenvalue weighted by atomic mass is 14.8. The van der Waals surface area contributed by atoms with Crippen LogP contribution >= 0.6 is 0 Å². The fourth-order valence-electron chi connectivity index (χ4n) is 6.89. The van der Waals surface area contributed by atoms with Gasteiger partial charge in [0.05, 0.1) is 22.4 Å². The lowest BCUT2D eigenvalue weighted by atomic mass is 9.85. The van der Waals surface area contributed by atoms with Gasteiger partial charge in [-0.05, 0) is 62.0 Å². The summed E-state index contributed by atoms with van der Waals surface area (Å²) in [4.78, 5) is 10.4. The fraction of sp³-hybridized carbons (Fsp3) is 0. The minimum atomic E-state index is 0.918. The molecule has 0 atom stereocenters. The van der Waals surface area contributed by atoms with E-state index in [0.29, 0.717) is 0 Å². The summed E-state index contributed by atoms with van der Waals surface area (Å²) in [5.41, 5.74) is 10.8. The highest BCUT2D eigenvalue weighted by molar-refractivity contribution is 6.21. The lowest BCUT2D eigenvalue weighted by molar-refractivity contribution is 1.36. The molecule has 0 amide bonds. The summed E-state index contributed by atoms with van der Waals surface area (Å²) in [5.74, 6) is 0. The molecule has 0 aliphatic carbocycles. The topological polar surface area (TPSA) is 25.8 Å². The van der Waals surface area contributed by atoms with Gasteiger partial charge < -0.3 is 0 Å². The molecule has 46 heavy (non-hydrogen) atoms. The molecule has 0 aliphatic heterocycles. The van der Waals surface area contributed by atoms with Crippen molar-refractivity contribution in [2.45, 2.75) is 0 Å². The van der Waals surface area contributed by atoms with Crippen LogP contribution in [0.3, 0.4) is 0 Å². The largest absolute Gasteiger partial charge is 0.245 e. The Morgan fingerprint density at radius 3 is 1.22 bits per heavy atom. The molecule has 2 heteroatoms. The van der Waals surface area contributed by atoms with E-state index in [1.807, 2.05) is 6.07 Å². The molecular weight excluding hydrogens is 556 g/mol. The van der Waals surface area contributed by atoms with Crippen molar-refractivity contribution in [2.24, 2.45) is 0 Å². The van der Waals surface area contributed by atoms with Gasteiger partial charge in [0.1, 0.15) is 0 Å². The van der Waals surface area contributed by atoms with Crippen molar-refractivity contribution >= 4 is 43.4 Å². The number of rotatable bonds is 4. The average molecular weight is 585 g/mol. The van der Waals surface area contributed by atoms with Gasteiger partial charge in [-0.25, -0.2) is 9.97 Å². The molecule has 0 N–H and O–H groups in total. The van der Waals surface area contributed by atoms with Gasteiger partial charge in [0, 0.05) is 21.9 Å². The molecule has 2 heterocycles. The predicted octanol–water partition coefficient (Wildman–Crippen LogP) is 11.8. The molecule has 9 rings (SSSR count). The second kappa shape index (κ2) is 10.8. The molecule has 0 bridgehead atoms. The van der Waals surface area contributed by atoms with Crippen LogP contribution in [0.4, 0.5) is 0 Å². The number of nitrogens with zero attached hydrogens (tertiary/aromatic N) is 2. The fourth-order valence-corrected chi connectivity index (χ4v) is 6.89. The zero-order chi connectivity index (χ0) is 30.5. The lowest BCUT2D eigenvalue weighted by Gasteiger charge is -2.18. The quantitative estimate of drug-likeness (QED) is 0.152. The van der Waals surface area contributed by atoms with Crippen molar-refractivity contribution in [1.82, 2.24) is 9.97 Å². The first-order valence-electron chi connectivity index (χ1n) is 15.7. The summed E-state index contributed by atoms with van der Waals surface area (Å²) in [6.45, 7) is 0. The van der Waals surface area contributed by atoms with E-state index in [-0.39, 0.29) is 0 Å². The second-order valence-corrected chi connectivity index (χ2v) is 11.8. The van der Waals surface area contributed by atoms with Crippen molar-refractivity contribution in [1.29, 1.82) is 0 Å². The Labute approximate surface area is 267 Å². The van der Waals surface area contributed by atoms with Gasteiger partial charge in [-0.15, -0.1) is 0 Å². The lowest BCUT2D eigenvalue weighted by Crippen LogP contribution is -1.92. The zero-order valence-corrected chi connectivity index (χ0v) is 25.1. The van der Waals surface area contributed by atoms with Crippen LogP contribution < -0.4 is 0 Å². The maximum Gasteiger partial charge on any atom is 0.0972 e. The summed E-state index contributed by atoms with van der Waals surface area (Å²) in [5, 5.41) is 7.16. The Hall–Kier alpha value is -6.12. The molecule has 7 aromatic carbocycles. The molecule has 0 fully saturated rings.